The summed E-state index contributed by atoms with van der Waals surface area (Å²) in [6.07, 6.45) is 2.86. The van der Waals surface area contributed by atoms with Gasteiger partial charge in [-0.25, -0.2) is 14.4 Å². The molecule has 86 valence electrons. The topological polar surface area (TPSA) is 63.1 Å². The van der Waals surface area contributed by atoms with E-state index >= 15 is 0 Å². The average molecular weight is 232 g/mol. The van der Waals surface area contributed by atoms with Crippen LogP contribution in [0.5, 0.6) is 0 Å². The number of hydrogen-bond donors (Lipinski definition) is 1. The molecule has 1 aromatic heterocycles. The molecule has 1 heterocycles. The summed E-state index contributed by atoms with van der Waals surface area (Å²) in [7, 11) is 0. The molecule has 0 amide bonds. The van der Waals surface area contributed by atoms with Crippen molar-refractivity contribution in [2.45, 2.75) is 5.92 Å². The molecule has 0 aliphatic carbocycles. The van der Waals surface area contributed by atoms with Gasteiger partial charge in [0.15, 0.2) is 0 Å². The minimum Gasteiger partial charge on any atom is -0.480 e. The zero-order valence-electron chi connectivity index (χ0n) is 8.75. The van der Waals surface area contributed by atoms with Crippen molar-refractivity contribution < 1.29 is 14.3 Å². The van der Waals surface area contributed by atoms with Crippen molar-refractivity contribution in [1.82, 2.24) is 9.97 Å². The highest BCUT2D eigenvalue weighted by atomic mass is 19.1. The van der Waals surface area contributed by atoms with Crippen molar-refractivity contribution in [1.29, 1.82) is 0 Å². The predicted molar refractivity (Wildman–Crippen MR) is 57.9 cm³/mol. The van der Waals surface area contributed by atoms with Crippen LogP contribution in [0.4, 0.5) is 4.39 Å². The summed E-state index contributed by atoms with van der Waals surface area (Å²) in [5.41, 5.74) is 0.0613. The van der Waals surface area contributed by atoms with Gasteiger partial charge in [0.2, 0.25) is 0 Å². The molecule has 0 aliphatic rings. The lowest BCUT2D eigenvalue weighted by Gasteiger charge is -2.11. The Morgan fingerprint density at radius 1 is 1.18 bits per heavy atom. The van der Waals surface area contributed by atoms with E-state index in [0.717, 1.165) is 0 Å². The van der Waals surface area contributed by atoms with Gasteiger partial charge in [-0.3, -0.25) is 4.79 Å². The summed E-state index contributed by atoms with van der Waals surface area (Å²) in [4.78, 5) is 18.9. The average Bonchev–Trinajstić information content (AvgIpc) is 2.33. The number of rotatable bonds is 3. The van der Waals surface area contributed by atoms with Gasteiger partial charge in [-0.05, 0) is 12.1 Å². The molecular weight excluding hydrogens is 223 g/mol. The van der Waals surface area contributed by atoms with Gasteiger partial charge in [0, 0.05) is 18.0 Å². The first-order chi connectivity index (χ1) is 8.20. The molecule has 4 nitrogen and oxygen atoms in total. The van der Waals surface area contributed by atoms with E-state index in [1.54, 1.807) is 12.1 Å². The van der Waals surface area contributed by atoms with E-state index in [-0.39, 0.29) is 11.4 Å². The van der Waals surface area contributed by atoms with E-state index in [1.165, 1.54) is 30.6 Å². The third kappa shape index (κ3) is 2.28. The van der Waals surface area contributed by atoms with E-state index in [9.17, 15) is 9.18 Å². The van der Waals surface area contributed by atoms with Gasteiger partial charge in [0.25, 0.3) is 0 Å². The van der Waals surface area contributed by atoms with Crippen LogP contribution in [0.1, 0.15) is 17.3 Å². The fraction of sp³-hybridized carbons (Fsp3) is 0.0833. The van der Waals surface area contributed by atoms with Crippen LogP contribution < -0.4 is 0 Å². The van der Waals surface area contributed by atoms with E-state index in [2.05, 4.69) is 9.97 Å². The number of carbonyl (C=O) groups is 1. The highest BCUT2D eigenvalue weighted by Gasteiger charge is 2.27. The molecule has 1 N–H and O–H groups in total. The Balaban J connectivity index is 2.51. The quantitative estimate of drug-likeness (QED) is 0.876. The van der Waals surface area contributed by atoms with Crippen LogP contribution in [-0.2, 0) is 4.79 Å². The Morgan fingerprint density at radius 2 is 1.82 bits per heavy atom. The monoisotopic (exact) mass is 232 g/mol. The van der Waals surface area contributed by atoms with Crippen molar-refractivity contribution >= 4 is 5.97 Å². The van der Waals surface area contributed by atoms with Crippen molar-refractivity contribution in [3.8, 4) is 0 Å². The Labute approximate surface area is 96.8 Å². The van der Waals surface area contributed by atoms with Gasteiger partial charge in [-0.15, -0.1) is 0 Å². The molecule has 1 atom stereocenters. The first-order valence-corrected chi connectivity index (χ1v) is 4.94. The number of halogens is 1. The maximum Gasteiger partial charge on any atom is 0.318 e. The molecule has 1 unspecified atom stereocenters. The van der Waals surface area contributed by atoms with E-state index < -0.39 is 17.7 Å². The number of aromatic nitrogens is 2. The second kappa shape index (κ2) is 4.69. The minimum absolute atomic E-state index is 0.0613. The maximum atomic E-state index is 13.6. The molecule has 17 heavy (non-hydrogen) atoms. The van der Waals surface area contributed by atoms with Crippen LogP contribution in [0.3, 0.4) is 0 Å². The summed E-state index contributed by atoms with van der Waals surface area (Å²) >= 11 is 0. The molecule has 2 rings (SSSR count). The van der Waals surface area contributed by atoms with E-state index in [0.29, 0.717) is 0 Å². The normalized spacial score (nSPS) is 12.1. The maximum absolute atomic E-state index is 13.6. The third-order valence-corrected chi connectivity index (χ3v) is 2.31. The number of aliphatic carboxylic acids is 1. The molecule has 0 aliphatic heterocycles. The molecule has 0 radical (unpaired) electrons. The highest BCUT2D eigenvalue weighted by Crippen LogP contribution is 2.24. The fourth-order valence-electron chi connectivity index (χ4n) is 1.55. The first kappa shape index (κ1) is 11.2. The Hall–Kier alpha value is -2.30. The minimum atomic E-state index is -1.18. The lowest BCUT2D eigenvalue weighted by Crippen LogP contribution is -2.17. The molecule has 0 bridgehead atoms. The van der Waals surface area contributed by atoms with Crippen molar-refractivity contribution in [2.75, 3.05) is 0 Å². The summed E-state index contributed by atoms with van der Waals surface area (Å²) in [6, 6.07) is 7.29. The number of carboxylic acid groups (broad SMARTS) is 1. The largest absolute Gasteiger partial charge is 0.480 e. The van der Waals surface area contributed by atoms with Gasteiger partial charge in [-0.2, -0.15) is 0 Å². The molecule has 0 saturated carbocycles. The van der Waals surface area contributed by atoms with Gasteiger partial charge >= 0.3 is 5.97 Å². The van der Waals surface area contributed by atoms with Crippen LogP contribution in [0.15, 0.2) is 42.7 Å². The standard InChI is InChI=1S/C12H9FN2O2/c13-9-5-2-1-4-8(9)10(12(16)17)11-14-6-3-7-15-11/h1-7,10H,(H,16,17). The molecule has 0 saturated heterocycles. The SMILES string of the molecule is O=C(O)C(c1ncccn1)c1ccccc1F. The second-order valence-electron chi connectivity index (χ2n) is 3.40. The number of hydrogen-bond acceptors (Lipinski definition) is 3. The number of carboxylic acids is 1. The second-order valence-corrected chi connectivity index (χ2v) is 3.40. The fourth-order valence-corrected chi connectivity index (χ4v) is 1.55. The van der Waals surface area contributed by atoms with Crippen molar-refractivity contribution in [3.63, 3.8) is 0 Å². The lowest BCUT2D eigenvalue weighted by atomic mass is 9.98. The molecule has 2 aromatic rings. The van der Waals surface area contributed by atoms with Gasteiger partial charge < -0.3 is 5.11 Å². The number of benzene rings is 1. The van der Waals surface area contributed by atoms with Crippen LogP contribution in [0.25, 0.3) is 0 Å². The van der Waals surface area contributed by atoms with E-state index in [4.69, 9.17) is 5.11 Å². The first-order valence-electron chi connectivity index (χ1n) is 4.94. The Morgan fingerprint density at radius 3 is 2.41 bits per heavy atom. The highest BCUT2D eigenvalue weighted by molar-refractivity contribution is 5.79. The van der Waals surface area contributed by atoms with Gasteiger partial charge in [0.05, 0.1) is 0 Å². The zero-order valence-corrected chi connectivity index (χ0v) is 8.75. The van der Waals surface area contributed by atoms with Gasteiger partial charge in [-0.1, -0.05) is 18.2 Å². The van der Waals surface area contributed by atoms with E-state index in [1.807, 2.05) is 0 Å². The lowest BCUT2D eigenvalue weighted by molar-refractivity contribution is -0.137. The molecule has 0 fully saturated rings. The molecular formula is C12H9FN2O2. The summed E-state index contributed by atoms with van der Waals surface area (Å²) < 4.78 is 13.6. The van der Waals surface area contributed by atoms with Crippen LogP contribution >= 0.6 is 0 Å². The summed E-state index contributed by atoms with van der Waals surface area (Å²) in [6.45, 7) is 0. The van der Waals surface area contributed by atoms with Crippen molar-refractivity contribution in [2.24, 2.45) is 0 Å². The molecule has 1 aromatic carbocycles. The summed E-state index contributed by atoms with van der Waals surface area (Å²) in [5, 5.41) is 9.16. The van der Waals surface area contributed by atoms with Gasteiger partial charge in [0.1, 0.15) is 17.6 Å². The van der Waals surface area contributed by atoms with Crippen LogP contribution in [0.2, 0.25) is 0 Å². The molecule has 0 spiro atoms. The molecule has 5 heteroatoms. The van der Waals surface area contributed by atoms with Crippen LogP contribution in [-0.4, -0.2) is 21.0 Å². The third-order valence-electron chi connectivity index (χ3n) is 2.31. The van der Waals surface area contributed by atoms with Crippen molar-refractivity contribution in [3.05, 3.63) is 59.9 Å². The number of nitrogens with zero attached hydrogens (tertiary/aromatic N) is 2. The Kier molecular flexibility index (Phi) is 3.09. The summed E-state index contributed by atoms with van der Waals surface area (Å²) in [5.74, 6) is -2.86. The zero-order chi connectivity index (χ0) is 12.3. The van der Waals surface area contributed by atoms with Crippen LogP contribution in [0, 0.1) is 5.82 Å². The Bertz CT molecular complexity index is 531. The predicted octanol–water partition coefficient (Wildman–Crippen LogP) is 1.83. The smallest absolute Gasteiger partial charge is 0.318 e.